The Morgan fingerprint density at radius 2 is 1.38 bits per heavy atom. The van der Waals surface area contributed by atoms with Gasteiger partial charge in [-0.15, -0.1) is 0 Å². The topological polar surface area (TPSA) is 82.9 Å². The first-order chi connectivity index (χ1) is 7.52. The lowest BCUT2D eigenvalue weighted by atomic mass is 9.78. The molecule has 0 radical (unpaired) electrons. The maximum Gasteiger partial charge on any atom is 0.249 e. The fourth-order valence-corrected chi connectivity index (χ4v) is 2.38. The summed E-state index contributed by atoms with van der Waals surface area (Å²) in [5, 5.41) is 7.77. The van der Waals surface area contributed by atoms with Crippen molar-refractivity contribution in [2.45, 2.75) is 20.8 Å². The van der Waals surface area contributed by atoms with Crippen LogP contribution in [0.5, 0.6) is 0 Å². The molecule has 2 aliphatic rings. The second-order valence-electron chi connectivity index (χ2n) is 4.27. The SMILES string of the molecule is CC1=NNC(=O)C1C(C)C1C(=O)NN=C1C. The van der Waals surface area contributed by atoms with Gasteiger partial charge in [-0.3, -0.25) is 9.59 Å². The first-order valence-electron chi connectivity index (χ1n) is 5.20. The lowest BCUT2D eigenvalue weighted by Crippen LogP contribution is -2.38. The molecule has 2 aliphatic heterocycles. The van der Waals surface area contributed by atoms with Crippen LogP contribution < -0.4 is 10.9 Å². The summed E-state index contributed by atoms with van der Waals surface area (Å²) < 4.78 is 0. The van der Waals surface area contributed by atoms with E-state index < -0.39 is 0 Å². The molecule has 16 heavy (non-hydrogen) atoms. The average molecular weight is 222 g/mol. The molecular weight excluding hydrogens is 208 g/mol. The Balaban J connectivity index is 2.22. The Morgan fingerprint density at radius 3 is 1.62 bits per heavy atom. The van der Waals surface area contributed by atoms with E-state index >= 15 is 0 Å². The van der Waals surface area contributed by atoms with Crippen LogP contribution in [0.25, 0.3) is 0 Å². The van der Waals surface area contributed by atoms with Gasteiger partial charge < -0.3 is 0 Å². The van der Waals surface area contributed by atoms with Gasteiger partial charge in [0, 0.05) is 11.4 Å². The van der Waals surface area contributed by atoms with Gasteiger partial charge >= 0.3 is 0 Å². The molecule has 2 rings (SSSR count). The van der Waals surface area contributed by atoms with Crippen LogP contribution in [0, 0.1) is 17.8 Å². The zero-order chi connectivity index (χ0) is 11.9. The average Bonchev–Trinajstić information content (AvgIpc) is 2.71. The smallest absolute Gasteiger partial charge is 0.249 e. The van der Waals surface area contributed by atoms with Crippen molar-refractivity contribution < 1.29 is 9.59 Å². The van der Waals surface area contributed by atoms with E-state index in [0.717, 1.165) is 11.4 Å². The summed E-state index contributed by atoms with van der Waals surface area (Å²) in [5.74, 6) is -1.08. The summed E-state index contributed by atoms with van der Waals surface area (Å²) in [6.45, 7) is 5.46. The molecule has 2 heterocycles. The van der Waals surface area contributed by atoms with Crippen LogP contribution in [0.2, 0.25) is 0 Å². The summed E-state index contributed by atoms with van der Waals surface area (Å²) in [7, 11) is 0. The summed E-state index contributed by atoms with van der Waals surface area (Å²) in [5.41, 5.74) is 6.32. The molecule has 0 aromatic rings. The summed E-state index contributed by atoms with van der Waals surface area (Å²) in [6.07, 6.45) is 0. The first kappa shape index (κ1) is 10.8. The van der Waals surface area contributed by atoms with E-state index in [2.05, 4.69) is 21.1 Å². The van der Waals surface area contributed by atoms with E-state index in [1.165, 1.54) is 0 Å². The van der Waals surface area contributed by atoms with Crippen molar-refractivity contribution in [3.05, 3.63) is 0 Å². The summed E-state index contributed by atoms with van der Waals surface area (Å²) >= 11 is 0. The van der Waals surface area contributed by atoms with Gasteiger partial charge in [-0.2, -0.15) is 10.2 Å². The van der Waals surface area contributed by atoms with Gasteiger partial charge in [0.2, 0.25) is 11.8 Å². The van der Waals surface area contributed by atoms with E-state index in [0.29, 0.717) is 0 Å². The minimum atomic E-state index is -0.334. The van der Waals surface area contributed by atoms with Crippen LogP contribution in [0.15, 0.2) is 10.2 Å². The molecule has 2 N–H and O–H groups in total. The van der Waals surface area contributed by atoms with Crippen molar-refractivity contribution in [3.8, 4) is 0 Å². The number of nitrogens with zero attached hydrogens (tertiary/aromatic N) is 2. The fourth-order valence-electron chi connectivity index (χ4n) is 2.38. The normalized spacial score (nSPS) is 30.7. The molecule has 0 fully saturated rings. The number of rotatable bonds is 2. The van der Waals surface area contributed by atoms with Crippen molar-refractivity contribution in [3.63, 3.8) is 0 Å². The van der Waals surface area contributed by atoms with Gasteiger partial charge in [0.1, 0.15) is 0 Å². The molecule has 6 heteroatoms. The molecule has 0 aromatic heterocycles. The van der Waals surface area contributed by atoms with E-state index in [-0.39, 0.29) is 29.6 Å². The molecule has 0 bridgehead atoms. The number of amides is 2. The van der Waals surface area contributed by atoms with Gasteiger partial charge in [-0.1, -0.05) is 6.92 Å². The third kappa shape index (κ3) is 1.50. The number of hydrogen-bond acceptors (Lipinski definition) is 4. The number of carbonyl (C=O) groups excluding carboxylic acids is 2. The van der Waals surface area contributed by atoms with Gasteiger partial charge in [0.15, 0.2) is 0 Å². The van der Waals surface area contributed by atoms with Crippen LogP contribution in [-0.4, -0.2) is 23.2 Å². The number of carbonyl (C=O) groups is 2. The van der Waals surface area contributed by atoms with Gasteiger partial charge in [0.05, 0.1) is 11.8 Å². The van der Waals surface area contributed by atoms with Crippen molar-refractivity contribution >= 4 is 23.2 Å². The highest BCUT2D eigenvalue weighted by Crippen LogP contribution is 2.28. The van der Waals surface area contributed by atoms with E-state index in [1.807, 2.05) is 6.92 Å². The van der Waals surface area contributed by atoms with Crippen molar-refractivity contribution in [2.75, 3.05) is 0 Å². The van der Waals surface area contributed by atoms with E-state index in [1.54, 1.807) is 13.8 Å². The van der Waals surface area contributed by atoms with Gasteiger partial charge in [-0.05, 0) is 19.8 Å². The number of nitrogens with one attached hydrogen (secondary N) is 2. The third-order valence-corrected chi connectivity index (χ3v) is 3.20. The Labute approximate surface area is 93.2 Å². The quantitative estimate of drug-likeness (QED) is 0.682. The van der Waals surface area contributed by atoms with Gasteiger partial charge in [-0.25, -0.2) is 10.9 Å². The monoisotopic (exact) mass is 222 g/mol. The minimum absolute atomic E-state index is 0.127. The Hall–Kier alpha value is -1.72. The summed E-state index contributed by atoms with van der Waals surface area (Å²) in [6, 6.07) is 0. The third-order valence-electron chi connectivity index (χ3n) is 3.20. The van der Waals surface area contributed by atoms with Crippen LogP contribution in [0.3, 0.4) is 0 Å². The Kier molecular flexibility index (Phi) is 2.49. The van der Waals surface area contributed by atoms with E-state index in [4.69, 9.17) is 0 Å². The fraction of sp³-hybridized carbons (Fsp3) is 0.600. The van der Waals surface area contributed by atoms with Crippen molar-refractivity contribution in [2.24, 2.45) is 28.0 Å². The van der Waals surface area contributed by atoms with Crippen LogP contribution in [0.4, 0.5) is 0 Å². The molecule has 0 saturated heterocycles. The Bertz CT molecular complexity index is 375. The van der Waals surface area contributed by atoms with E-state index in [9.17, 15) is 9.59 Å². The zero-order valence-electron chi connectivity index (χ0n) is 9.44. The lowest BCUT2D eigenvalue weighted by molar-refractivity contribution is -0.126. The number of hydrazone groups is 2. The highest BCUT2D eigenvalue weighted by Gasteiger charge is 2.42. The maximum absolute atomic E-state index is 11.6. The van der Waals surface area contributed by atoms with Crippen molar-refractivity contribution in [1.29, 1.82) is 0 Å². The highest BCUT2D eigenvalue weighted by atomic mass is 16.2. The second-order valence-corrected chi connectivity index (χ2v) is 4.27. The molecule has 0 aromatic carbocycles. The molecule has 0 aliphatic carbocycles. The van der Waals surface area contributed by atoms with Crippen LogP contribution in [0.1, 0.15) is 20.8 Å². The lowest BCUT2D eigenvalue weighted by Gasteiger charge is -2.21. The first-order valence-corrected chi connectivity index (χ1v) is 5.20. The zero-order valence-corrected chi connectivity index (χ0v) is 9.44. The highest BCUT2D eigenvalue weighted by molar-refractivity contribution is 6.11. The van der Waals surface area contributed by atoms with Gasteiger partial charge in [0.25, 0.3) is 0 Å². The standard InChI is InChI=1S/C10H14N4O2/c1-4(7-5(2)11-13-9(7)15)8-6(3)12-14-10(8)16/h4,7-8H,1-3H3,(H,13,15)(H,14,16). The molecule has 86 valence electrons. The Morgan fingerprint density at radius 1 is 1.00 bits per heavy atom. The molecule has 0 saturated carbocycles. The van der Waals surface area contributed by atoms with Crippen molar-refractivity contribution in [1.82, 2.24) is 10.9 Å². The molecule has 6 nitrogen and oxygen atoms in total. The molecular formula is C10H14N4O2. The van der Waals surface area contributed by atoms with Crippen LogP contribution >= 0.6 is 0 Å². The largest absolute Gasteiger partial charge is 0.272 e. The predicted molar refractivity (Wildman–Crippen MR) is 58.6 cm³/mol. The number of hydrogen-bond donors (Lipinski definition) is 2. The molecule has 0 spiro atoms. The molecule has 2 atom stereocenters. The minimum Gasteiger partial charge on any atom is -0.272 e. The maximum atomic E-state index is 11.6. The predicted octanol–water partition coefficient (Wildman–Crippen LogP) is -0.134. The van der Waals surface area contributed by atoms with Crippen LogP contribution in [-0.2, 0) is 9.59 Å². The molecule has 2 amide bonds. The summed E-state index contributed by atoms with van der Waals surface area (Å²) in [4.78, 5) is 23.2. The molecule has 2 unspecified atom stereocenters. The second kappa shape index (κ2) is 3.70.